The van der Waals surface area contributed by atoms with Crippen LogP contribution in [0.1, 0.15) is 51.4 Å². The molecule has 0 fully saturated rings. The Morgan fingerprint density at radius 2 is 1.37 bits per heavy atom. The lowest BCUT2D eigenvalue weighted by Gasteiger charge is -2.34. The molecule has 0 rings (SSSR count). The Bertz CT molecular complexity index is 487. The molecule has 160 valence electrons. The molecule has 0 aliphatic carbocycles. The molecule has 27 heavy (non-hydrogen) atoms. The predicted molar refractivity (Wildman–Crippen MR) is 79.2 cm³/mol. The van der Waals surface area contributed by atoms with Crippen LogP contribution in [0.2, 0.25) is 0 Å². The topological polar surface area (TPSA) is 37.3 Å². The van der Waals surface area contributed by atoms with Crippen LogP contribution in [-0.2, 0) is 4.79 Å². The van der Waals surface area contributed by atoms with E-state index in [2.05, 4.69) is 6.58 Å². The Balaban J connectivity index is 4.89. The van der Waals surface area contributed by atoms with E-state index in [1.807, 2.05) is 0 Å². The Kier molecular flexibility index (Phi) is 9.17. The van der Waals surface area contributed by atoms with Gasteiger partial charge >= 0.3 is 29.9 Å². The van der Waals surface area contributed by atoms with Crippen LogP contribution < -0.4 is 0 Å². The Labute approximate surface area is 150 Å². The monoisotopic (exact) mass is 416 g/mol. The zero-order chi connectivity index (χ0) is 21.5. The fraction of sp³-hybridized carbons (Fsp3) is 0.812. The van der Waals surface area contributed by atoms with Gasteiger partial charge in [0.1, 0.15) is 0 Å². The molecule has 0 aromatic rings. The zero-order valence-corrected chi connectivity index (χ0v) is 14.3. The summed E-state index contributed by atoms with van der Waals surface area (Å²) in [5, 5.41) is 8.93. The van der Waals surface area contributed by atoms with Gasteiger partial charge in [0.25, 0.3) is 0 Å². The van der Waals surface area contributed by atoms with E-state index < -0.39 is 48.7 Å². The largest absolute Gasteiger partial charge is 0.481 e. The first-order chi connectivity index (χ1) is 12.1. The molecular weight excluding hydrogens is 395 g/mol. The third kappa shape index (κ3) is 6.60. The maximum Gasteiger partial charge on any atom is 0.460 e. The summed E-state index contributed by atoms with van der Waals surface area (Å²) in [6, 6.07) is 0. The summed E-state index contributed by atoms with van der Waals surface area (Å²) in [5.41, 5.74) is 0. The van der Waals surface area contributed by atoms with Crippen molar-refractivity contribution in [1.29, 1.82) is 0 Å². The number of carbonyl (C=O) groups is 1. The van der Waals surface area contributed by atoms with Gasteiger partial charge < -0.3 is 5.11 Å². The van der Waals surface area contributed by atoms with E-state index in [1.165, 1.54) is 0 Å². The highest BCUT2D eigenvalue weighted by Gasteiger charge is 2.81. The van der Waals surface area contributed by atoms with E-state index in [1.54, 1.807) is 6.08 Å². The van der Waals surface area contributed by atoms with Gasteiger partial charge in [-0.3, -0.25) is 4.79 Å². The standard InChI is InChI=1S/C16H21F9O2/c1-2-3-4-5-6-7-8-11(12(26)27)9-10-13(17,18)14(19,20)15(21,22)16(23,24)25/h2,11H,1,3-10H2,(H,26,27). The van der Waals surface area contributed by atoms with Crippen molar-refractivity contribution in [2.45, 2.75) is 75.3 Å². The summed E-state index contributed by atoms with van der Waals surface area (Å²) < 4.78 is 115. The molecule has 1 N–H and O–H groups in total. The minimum absolute atomic E-state index is 0.180. The molecule has 0 aliphatic heterocycles. The highest BCUT2D eigenvalue weighted by molar-refractivity contribution is 5.69. The minimum Gasteiger partial charge on any atom is -0.481 e. The van der Waals surface area contributed by atoms with Crippen molar-refractivity contribution < 1.29 is 49.4 Å². The molecule has 0 radical (unpaired) electrons. The predicted octanol–water partition coefficient (Wildman–Crippen LogP) is 6.46. The lowest BCUT2D eigenvalue weighted by Crippen LogP contribution is -2.60. The quantitative estimate of drug-likeness (QED) is 0.213. The molecule has 1 atom stereocenters. The van der Waals surface area contributed by atoms with E-state index in [4.69, 9.17) is 5.11 Å². The first-order valence-corrected chi connectivity index (χ1v) is 8.15. The van der Waals surface area contributed by atoms with Gasteiger partial charge in [-0.2, -0.15) is 39.5 Å². The Hall–Kier alpha value is -1.42. The molecule has 0 heterocycles. The third-order valence-corrected chi connectivity index (χ3v) is 4.08. The minimum atomic E-state index is -6.95. The Morgan fingerprint density at radius 1 is 0.852 bits per heavy atom. The van der Waals surface area contributed by atoms with Crippen molar-refractivity contribution in [3.8, 4) is 0 Å². The van der Waals surface area contributed by atoms with E-state index >= 15 is 0 Å². The van der Waals surface area contributed by atoms with Crippen LogP contribution in [0.15, 0.2) is 12.7 Å². The molecule has 0 saturated carbocycles. The zero-order valence-electron chi connectivity index (χ0n) is 14.3. The highest BCUT2D eigenvalue weighted by atomic mass is 19.4. The number of allylic oxidation sites excluding steroid dienone is 1. The Morgan fingerprint density at radius 3 is 1.81 bits per heavy atom. The number of hydrogen-bond donors (Lipinski definition) is 1. The molecule has 0 aliphatic rings. The van der Waals surface area contributed by atoms with Crippen LogP contribution in [0.5, 0.6) is 0 Å². The summed E-state index contributed by atoms with van der Waals surface area (Å²) in [6.07, 6.45) is -5.71. The van der Waals surface area contributed by atoms with Crippen molar-refractivity contribution in [3.63, 3.8) is 0 Å². The molecule has 0 aromatic carbocycles. The van der Waals surface area contributed by atoms with Crippen LogP contribution in [-0.4, -0.2) is 35.0 Å². The number of alkyl halides is 9. The van der Waals surface area contributed by atoms with Gasteiger partial charge in [0, 0.05) is 6.42 Å². The van der Waals surface area contributed by atoms with Gasteiger partial charge in [-0.05, 0) is 25.7 Å². The second kappa shape index (κ2) is 9.68. The van der Waals surface area contributed by atoms with E-state index in [-0.39, 0.29) is 12.8 Å². The number of aliphatic carboxylic acids is 1. The van der Waals surface area contributed by atoms with Gasteiger partial charge in [0.2, 0.25) is 0 Å². The van der Waals surface area contributed by atoms with Gasteiger partial charge in [0.15, 0.2) is 0 Å². The van der Waals surface area contributed by atoms with Gasteiger partial charge in [-0.25, -0.2) is 0 Å². The van der Waals surface area contributed by atoms with Crippen LogP contribution >= 0.6 is 0 Å². The van der Waals surface area contributed by atoms with Crippen LogP contribution in [0.4, 0.5) is 39.5 Å². The van der Waals surface area contributed by atoms with Gasteiger partial charge in [-0.15, -0.1) is 6.58 Å². The molecule has 0 saturated heterocycles. The van der Waals surface area contributed by atoms with Crippen molar-refractivity contribution in [1.82, 2.24) is 0 Å². The van der Waals surface area contributed by atoms with E-state index in [0.29, 0.717) is 12.8 Å². The number of carboxylic acid groups (broad SMARTS) is 1. The first-order valence-electron chi connectivity index (χ1n) is 8.15. The SMILES string of the molecule is C=CCCCCCCC(CCC(F)(F)C(F)(F)C(F)(F)C(F)(F)F)C(=O)O. The average molecular weight is 416 g/mol. The normalized spacial score (nSPS) is 14.9. The second-order valence-corrected chi connectivity index (χ2v) is 6.21. The number of carboxylic acids is 1. The van der Waals surface area contributed by atoms with Crippen molar-refractivity contribution in [3.05, 3.63) is 12.7 Å². The first kappa shape index (κ1) is 25.6. The summed E-state index contributed by atoms with van der Waals surface area (Å²) in [6.45, 7) is 3.50. The maximum atomic E-state index is 13.4. The summed E-state index contributed by atoms with van der Waals surface area (Å²) in [5.74, 6) is -22.5. The molecule has 0 spiro atoms. The smallest absolute Gasteiger partial charge is 0.460 e. The molecule has 0 aromatic heterocycles. The number of rotatable bonds is 13. The third-order valence-electron chi connectivity index (χ3n) is 4.08. The molecular formula is C16H21F9O2. The van der Waals surface area contributed by atoms with Gasteiger partial charge in [0.05, 0.1) is 5.92 Å². The molecule has 0 amide bonds. The molecule has 1 unspecified atom stereocenters. The number of unbranched alkanes of at least 4 members (excludes halogenated alkanes) is 4. The molecule has 0 bridgehead atoms. The molecule has 11 heteroatoms. The van der Waals surface area contributed by atoms with Gasteiger partial charge in [-0.1, -0.05) is 25.3 Å². The highest BCUT2D eigenvalue weighted by Crippen LogP contribution is 2.54. The van der Waals surface area contributed by atoms with Crippen LogP contribution in [0.3, 0.4) is 0 Å². The van der Waals surface area contributed by atoms with E-state index in [0.717, 1.165) is 12.8 Å². The summed E-state index contributed by atoms with van der Waals surface area (Å²) >= 11 is 0. The van der Waals surface area contributed by atoms with E-state index in [9.17, 15) is 44.3 Å². The fourth-order valence-corrected chi connectivity index (χ4v) is 2.34. The van der Waals surface area contributed by atoms with Crippen LogP contribution in [0.25, 0.3) is 0 Å². The maximum absolute atomic E-state index is 13.4. The number of halogens is 9. The van der Waals surface area contributed by atoms with Crippen LogP contribution in [0, 0.1) is 5.92 Å². The fourth-order valence-electron chi connectivity index (χ4n) is 2.34. The number of hydrogen-bond acceptors (Lipinski definition) is 1. The lowest BCUT2D eigenvalue weighted by atomic mass is 9.91. The van der Waals surface area contributed by atoms with Crippen molar-refractivity contribution in [2.75, 3.05) is 0 Å². The average Bonchev–Trinajstić information content (AvgIpc) is 2.51. The van der Waals surface area contributed by atoms with Crippen molar-refractivity contribution in [2.24, 2.45) is 5.92 Å². The summed E-state index contributed by atoms with van der Waals surface area (Å²) in [4.78, 5) is 11.0. The lowest BCUT2D eigenvalue weighted by molar-refractivity contribution is -0.396. The second-order valence-electron chi connectivity index (χ2n) is 6.21. The summed E-state index contributed by atoms with van der Waals surface area (Å²) in [7, 11) is 0. The molecule has 2 nitrogen and oxygen atoms in total. The van der Waals surface area contributed by atoms with Crippen molar-refractivity contribution >= 4 is 5.97 Å².